The number of hydrogen-bond acceptors (Lipinski definition) is 3. The van der Waals surface area contributed by atoms with E-state index in [9.17, 15) is 17.2 Å². The van der Waals surface area contributed by atoms with E-state index in [1.807, 2.05) is 13.8 Å². The van der Waals surface area contributed by atoms with Gasteiger partial charge in [0, 0.05) is 12.6 Å². The second-order valence-electron chi connectivity index (χ2n) is 5.07. The molecule has 0 amide bonds. The maximum absolute atomic E-state index is 13.8. The van der Waals surface area contributed by atoms with E-state index in [2.05, 4.69) is 10.0 Å². The Morgan fingerprint density at radius 3 is 2.30 bits per heavy atom. The highest BCUT2D eigenvalue weighted by molar-refractivity contribution is 7.89. The van der Waals surface area contributed by atoms with Gasteiger partial charge in [0.25, 0.3) is 0 Å². The Labute approximate surface area is 118 Å². The van der Waals surface area contributed by atoms with Crippen LogP contribution in [0, 0.1) is 17.6 Å². The van der Waals surface area contributed by atoms with Crippen LogP contribution in [-0.4, -0.2) is 21.5 Å². The second-order valence-corrected chi connectivity index (χ2v) is 6.76. The molecule has 0 aliphatic heterocycles. The van der Waals surface area contributed by atoms with Crippen molar-refractivity contribution in [3.63, 3.8) is 0 Å². The lowest BCUT2D eigenvalue weighted by Crippen LogP contribution is -2.36. The predicted molar refractivity (Wildman–Crippen MR) is 73.7 cm³/mol. The molecule has 0 saturated heterocycles. The summed E-state index contributed by atoms with van der Waals surface area (Å²) < 4.78 is 53.9. The lowest BCUT2D eigenvalue weighted by atomic mass is 10.1. The van der Waals surface area contributed by atoms with Gasteiger partial charge >= 0.3 is 0 Å². The van der Waals surface area contributed by atoms with Crippen LogP contribution in [0.5, 0.6) is 0 Å². The van der Waals surface area contributed by atoms with Crippen molar-refractivity contribution in [3.05, 3.63) is 29.3 Å². The Hall–Kier alpha value is -1.05. The monoisotopic (exact) mass is 306 g/mol. The SMILES string of the molecule is CNCc1cc(F)c(F)c(S(=O)(=O)NC(C)C(C)C)c1. The number of halogens is 2. The molecule has 0 fully saturated rings. The van der Waals surface area contributed by atoms with Crippen LogP contribution >= 0.6 is 0 Å². The molecule has 1 unspecified atom stereocenters. The molecule has 1 aromatic carbocycles. The highest BCUT2D eigenvalue weighted by atomic mass is 32.2. The maximum Gasteiger partial charge on any atom is 0.243 e. The minimum absolute atomic E-state index is 0.0400. The minimum Gasteiger partial charge on any atom is -0.316 e. The second kappa shape index (κ2) is 6.60. The fourth-order valence-electron chi connectivity index (χ4n) is 1.56. The molecule has 7 heteroatoms. The van der Waals surface area contributed by atoms with Crippen LogP contribution in [0.4, 0.5) is 8.78 Å². The topological polar surface area (TPSA) is 58.2 Å². The van der Waals surface area contributed by atoms with Crippen LogP contribution in [0.1, 0.15) is 26.3 Å². The summed E-state index contributed by atoms with van der Waals surface area (Å²) in [6.45, 7) is 5.59. The fraction of sp³-hybridized carbons (Fsp3) is 0.538. The van der Waals surface area contributed by atoms with Crippen LogP contribution in [0.25, 0.3) is 0 Å². The van der Waals surface area contributed by atoms with Crippen LogP contribution in [-0.2, 0) is 16.6 Å². The van der Waals surface area contributed by atoms with Gasteiger partial charge in [-0.2, -0.15) is 0 Å². The minimum atomic E-state index is -4.09. The molecule has 1 atom stereocenters. The highest BCUT2D eigenvalue weighted by Crippen LogP contribution is 2.20. The zero-order valence-electron chi connectivity index (χ0n) is 12.0. The number of rotatable bonds is 6. The van der Waals surface area contributed by atoms with Gasteiger partial charge < -0.3 is 5.32 Å². The molecular formula is C13H20F2N2O2S. The molecule has 0 aromatic heterocycles. The van der Waals surface area contributed by atoms with Gasteiger partial charge in [-0.15, -0.1) is 0 Å². The van der Waals surface area contributed by atoms with E-state index in [0.717, 1.165) is 12.1 Å². The van der Waals surface area contributed by atoms with Crippen molar-refractivity contribution in [1.29, 1.82) is 0 Å². The molecule has 0 bridgehead atoms. The number of sulfonamides is 1. The van der Waals surface area contributed by atoms with Crippen molar-refractivity contribution in [2.24, 2.45) is 5.92 Å². The third-order valence-electron chi connectivity index (χ3n) is 3.07. The third-order valence-corrected chi connectivity index (χ3v) is 4.62. The van der Waals surface area contributed by atoms with Gasteiger partial charge in [0.2, 0.25) is 10.0 Å². The summed E-state index contributed by atoms with van der Waals surface area (Å²) in [5, 5.41) is 2.76. The van der Waals surface area contributed by atoms with Crippen LogP contribution in [0.2, 0.25) is 0 Å². The molecule has 1 aromatic rings. The number of benzene rings is 1. The summed E-state index contributed by atoms with van der Waals surface area (Å²) in [4.78, 5) is -0.657. The molecule has 4 nitrogen and oxygen atoms in total. The Balaban J connectivity index is 3.23. The maximum atomic E-state index is 13.8. The van der Waals surface area contributed by atoms with E-state index in [0.29, 0.717) is 5.56 Å². The first-order chi connectivity index (χ1) is 9.19. The Kier molecular flexibility index (Phi) is 5.61. The Bertz CT molecular complexity index is 574. The third kappa shape index (κ3) is 3.97. The molecule has 0 saturated carbocycles. The van der Waals surface area contributed by atoms with Crippen LogP contribution in [0.3, 0.4) is 0 Å². The van der Waals surface area contributed by atoms with Crippen molar-refractivity contribution in [3.8, 4) is 0 Å². The van der Waals surface area contributed by atoms with E-state index >= 15 is 0 Å². The quantitative estimate of drug-likeness (QED) is 0.845. The summed E-state index contributed by atoms with van der Waals surface area (Å²) in [6, 6.07) is 1.75. The zero-order valence-corrected chi connectivity index (χ0v) is 12.8. The average molecular weight is 306 g/mol. The molecule has 1 rings (SSSR count). The van der Waals surface area contributed by atoms with Gasteiger partial charge in [-0.3, -0.25) is 0 Å². The molecule has 114 valence electrons. The van der Waals surface area contributed by atoms with Crippen molar-refractivity contribution >= 4 is 10.0 Å². The molecule has 0 aliphatic rings. The lowest BCUT2D eigenvalue weighted by molar-refractivity contribution is 0.462. The van der Waals surface area contributed by atoms with Gasteiger partial charge in [0.15, 0.2) is 11.6 Å². The normalized spacial score (nSPS) is 13.8. The van der Waals surface area contributed by atoms with Gasteiger partial charge in [-0.25, -0.2) is 21.9 Å². The fourth-order valence-corrected chi connectivity index (χ4v) is 3.09. The van der Waals surface area contributed by atoms with Gasteiger partial charge in [-0.1, -0.05) is 13.8 Å². The van der Waals surface area contributed by atoms with Crippen LogP contribution in [0.15, 0.2) is 17.0 Å². The number of nitrogens with one attached hydrogen (secondary N) is 2. The Morgan fingerprint density at radius 1 is 1.20 bits per heavy atom. The zero-order chi connectivity index (χ0) is 15.5. The first kappa shape index (κ1) is 17.0. The standard InChI is InChI=1S/C13H20F2N2O2S/c1-8(2)9(3)17-20(18,19)12-6-10(7-16-4)5-11(14)13(12)15/h5-6,8-9,16-17H,7H2,1-4H3. The van der Waals surface area contributed by atoms with E-state index < -0.39 is 26.6 Å². The summed E-state index contributed by atoms with van der Waals surface area (Å²) in [7, 11) is -2.46. The summed E-state index contributed by atoms with van der Waals surface area (Å²) in [6.07, 6.45) is 0. The molecule has 0 aliphatic carbocycles. The first-order valence-corrected chi connectivity index (χ1v) is 7.82. The molecule has 0 heterocycles. The molecular weight excluding hydrogens is 286 g/mol. The smallest absolute Gasteiger partial charge is 0.243 e. The molecule has 0 radical (unpaired) electrons. The first-order valence-electron chi connectivity index (χ1n) is 6.34. The van der Waals surface area contributed by atoms with E-state index in [4.69, 9.17) is 0 Å². The van der Waals surface area contributed by atoms with Crippen molar-refractivity contribution in [1.82, 2.24) is 10.0 Å². The average Bonchev–Trinajstić information content (AvgIpc) is 2.33. The summed E-state index contributed by atoms with van der Waals surface area (Å²) >= 11 is 0. The highest BCUT2D eigenvalue weighted by Gasteiger charge is 2.25. The van der Waals surface area contributed by atoms with Crippen LogP contribution < -0.4 is 10.0 Å². The molecule has 0 spiro atoms. The van der Waals surface area contributed by atoms with E-state index in [-0.39, 0.29) is 18.5 Å². The van der Waals surface area contributed by atoms with Gasteiger partial charge in [0.1, 0.15) is 4.90 Å². The summed E-state index contributed by atoms with van der Waals surface area (Å²) in [5.41, 5.74) is 0.365. The predicted octanol–water partition coefficient (Wildman–Crippen LogP) is 2.01. The van der Waals surface area contributed by atoms with Gasteiger partial charge in [-0.05, 0) is 37.6 Å². The van der Waals surface area contributed by atoms with Gasteiger partial charge in [0.05, 0.1) is 0 Å². The number of hydrogen-bond donors (Lipinski definition) is 2. The summed E-state index contributed by atoms with van der Waals surface area (Å²) in [5.74, 6) is -2.48. The largest absolute Gasteiger partial charge is 0.316 e. The van der Waals surface area contributed by atoms with E-state index in [1.165, 1.54) is 0 Å². The molecule has 20 heavy (non-hydrogen) atoms. The van der Waals surface area contributed by atoms with Crippen molar-refractivity contribution < 1.29 is 17.2 Å². The van der Waals surface area contributed by atoms with Crippen molar-refractivity contribution in [2.45, 2.75) is 38.3 Å². The Morgan fingerprint density at radius 2 is 1.80 bits per heavy atom. The molecule has 2 N–H and O–H groups in total. The lowest BCUT2D eigenvalue weighted by Gasteiger charge is -2.18. The van der Waals surface area contributed by atoms with E-state index in [1.54, 1.807) is 14.0 Å². The van der Waals surface area contributed by atoms with Crippen molar-refractivity contribution in [2.75, 3.05) is 7.05 Å².